The number of benzene rings is 1. The molecular formula is C18H9ClF4N4S2. The number of hydrogen-bond donors (Lipinski definition) is 1. The summed E-state index contributed by atoms with van der Waals surface area (Å²) in [4.78, 5) is 4.27. The van der Waals surface area contributed by atoms with Crippen LogP contribution < -0.4 is 5.32 Å². The third-order valence-electron chi connectivity index (χ3n) is 3.46. The first-order valence-electron chi connectivity index (χ1n) is 7.77. The van der Waals surface area contributed by atoms with Gasteiger partial charge in [-0.25, -0.2) is 9.37 Å². The average Bonchev–Trinajstić information content (AvgIpc) is 3.05. The second-order valence-electron chi connectivity index (χ2n) is 5.43. The number of nitriles is 1. The molecule has 0 amide bonds. The highest BCUT2D eigenvalue weighted by atomic mass is 35.5. The second kappa shape index (κ2) is 8.82. The van der Waals surface area contributed by atoms with Gasteiger partial charge in [-0.15, -0.1) is 0 Å². The molecule has 29 heavy (non-hydrogen) atoms. The number of nitrogens with one attached hydrogen (secondary N) is 1. The Hall–Kier alpha value is -2.61. The molecule has 0 saturated heterocycles. The Morgan fingerprint density at radius 1 is 1.21 bits per heavy atom. The molecule has 0 spiro atoms. The van der Waals surface area contributed by atoms with Gasteiger partial charge in [0, 0.05) is 18.1 Å². The van der Waals surface area contributed by atoms with Gasteiger partial charge in [0.05, 0.1) is 15.5 Å². The molecule has 0 atom stereocenters. The minimum Gasteiger partial charge on any atom is -0.362 e. The SMILES string of the molecule is N#Cc1c(Sc2ncc(C(F)(F)F)cc2Cl)nsc1/C=C\Nc1ccc(F)cc1. The molecule has 0 bridgehead atoms. The fraction of sp³-hybridized carbons (Fsp3) is 0.0556. The van der Waals surface area contributed by atoms with Crippen LogP contribution in [0.2, 0.25) is 5.02 Å². The molecule has 0 aliphatic carbocycles. The molecule has 4 nitrogen and oxygen atoms in total. The number of nitrogens with zero attached hydrogens (tertiary/aromatic N) is 3. The minimum absolute atomic E-state index is 0.112. The summed E-state index contributed by atoms with van der Waals surface area (Å²) in [5, 5.41) is 12.6. The maximum absolute atomic E-state index is 12.9. The van der Waals surface area contributed by atoms with Gasteiger partial charge in [0.15, 0.2) is 0 Å². The van der Waals surface area contributed by atoms with Crippen LogP contribution in [0, 0.1) is 17.1 Å². The molecular weight excluding hydrogens is 448 g/mol. The van der Waals surface area contributed by atoms with Gasteiger partial charge in [-0.05, 0) is 59.7 Å². The maximum Gasteiger partial charge on any atom is 0.417 e. The predicted molar refractivity (Wildman–Crippen MR) is 104 cm³/mol. The summed E-state index contributed by atoms with van der Waals surface area (Å²) in [6.45, 7) is 0. The van der Waals surface area contributed by atoms with Gasteiger partial charge in [0.1, 0.15) is 27.5 Å². The van der Waals surface area contributed by atoms with Crippen LogP contribution in [-0.4, -0.2) is 9.36 Å². The topological polar surface area (TPSA) is 61.6 Å². The predicted octanol–water partition coefficient (Wildman–Crippen LogP) is 6.46. The lowest BCUT2D eigenvalue weighted by Crippen LogP contribution is -2.05. The lowest BCUT2D eigenvalue weighted by atomic mass is 10.3. The minimum atomic E-state index is -4.55. The molecule has 148 valence electrons. The van der Waals surface area contributed by atoms with Gasteiger partial charge >= 0.3 is 6.18 Å². The molecule has 3 rings (SSSR count). The van der Waals surface area contributed by atoms with E-state index in [1.54, 1.807) is 24.4 Å². The smallest absolute Gasteiger partial charge is 0.362 e. The Morgan fingerprint density at radius 3 is 2.55 bits per heavy atom. The molecule has 11 heteroatoms. The molecule has 2 heterocycles. The quantitative estimate of drug-likeness (QED) is 0.447. The van der Waals surface area contributed by atoms with Gasteiger partial charge in [-0.3, -0.25) is 0 Å². The monoisotopic (exact) mass is 456 g/mol. The molecule has 1 aromatic carbocycles. The lowest BCUT2D eigenvalue weighted by Gasteiger charge is -2.08. The van der Waals surface area contributed by atoms with Crippen LogP contribution in [0.25, 0.3) is 6.08 Å². The summed E-state index contributed by atoms with van der Waals surface area (Å²) < 4.78 is 55.2. The van der Waals surface area contributed by atoms with Crippen molar-refractivity contribution in [3.8, 4) is 6.07 Å². The van der Waals surface area contributed by atoms with Crippen LogP contribution in [0.5, 0.6) is 0 Å². The van der Waals surface area contributed by atoms with E-state index >= 15 is 0 Å². The van der Waals surface area contributed by atoms with Crippen LogP contribution in [0.15, 0.2) is 52.8 Å². The molecule has 0 radical (unpaired) electrons. The van der Waals surface area contributed by atoms with Gasteiger partial charge in [-0.1, -0.05) is 11.6 Å². The van der Waals surface area contributed by atoms with Crippen molar-refractivity contribution in [3.05, 3.63) is 69.6 Å². The van der Waals surface area contributed by atoms with E-state index < -0.39 is 11.7 Å². The second-order valence-corrected chi connectivity index (χ2v) is 7.62. The van der Waals surface area contributed by atoms with Crippen molar-refractivity contribution in [2.24, 2.45) is 0 Å². The van der Waals surface area contributed by atoms with E-state index in [9.17, 15) is 22.8 Å². The average molecular weight is 457 g/mol. The first-order valence-corrected chi connectivity index (χ1v) is 9.73. The zero-order valence-corrected chi connectivity index (χ0v) is 16.6. The third kappa shape index (κ3) is 5.26. The summed E-state index contributed by atoms with van der Waals surface area (Å²) in [6, 6.07) is 8.52. The molecule has 3 aromatic rings. The zero-order valence-electron chi connectivity index (χ0n) is 14.2. The number of halogens is 5. The van der Waals surface area contributed by atoms with Crippen LogP contribution >= 0.6 is 34.9 Å². The highest BCUT2D eigenvalue weighted by molar-refractivity contribution is 7.99. The Labute approximate surface area is 176 Å². The van der Waals surface area contributed by atoms with E-state index in [4.69, 9.17) is 11.6 Å². The van der Waals surface area contributed by atoms with Crippen molar-refractivity contribution in [3.63, 3.8) is 0 Å². The molecule has 0 saturated carbocycles. The Balaban J connectivity index is 1.77. The molecule has 1 N–H and O–H groups in total. The normalized spacial score (nSPS) is 11.6. The number of pyridine rings is 1. The Kier molecular flexibility index (Phi) is 6.42. The molecule has 0 unspecified atom stereocenters. The molecule has 0 fully saturated rings. The van der Waals surface area contributed by atoms with Crippen molar-refractivity contribution in [2.45, 2.75) is 16.2 Å². The van der Waals surface area contributed by atoms with Crippen molar-refractivity contribution in [2.75, 3.05) is 5.32 Å². The van der Waals surface area contributed by atoms with Crippen molar-refractivity contribution in [1.29, 1.82) is 5.26 Å². The number of rotatable bonds is 5. The summed E-state index contributed by atoms with van der Waals surface area (Å²) in [5.74, 6) is -0.356. The van der Waals surface area contributed by atoms with E-state index in [-0.39, 0.29) is 26.5 Å². The van der Waals surface area contributed by atoms with Gasteiger partial charge < -0.3 is 5.32 Å². The number of aromatic nitrogens is 2. The van der Waals surface area contributed by atoms with Crippen molar-refractivity contribution < 1.29 is 17.6 Å². The summed E-state index contributed by atoms with van der Waals surface area (Å²) >= 11 is 7.86. The summed E-state index contributed by atoms with van der Waals surface area (Å²) in [6.07, 6.45) is -0.682. The van der Waals surface area contributed by atoms with Gasteiger partial charge in [0.25, 0.3) is 0 Å². The van der Waals surface area contributed by atoms with Gasteiger partial charge in [0.2, 0.25) is 0 Å². The van der Waals surface area contributed by atoms with Crippen LogP contribution in [-0.2, 0) is 6.18 Å². The highest BCUT2D eigenvalue weighted by Gasteiger charge is 2.31. The van der Waals surface area contributed by atoms with E-state index in [1.807, 2.05) is 6.07 Å². The first-order chi connectivity index (χ1) is 13.8. The molecule has 0 aliphatic rings. The van der Waals surface area contributed by atoms with E-state index in [1.165, 1.54) is 12.1 Å². The summed E-state index contributed by atoms with van der Waals surface area (Å²) in [5.41, 5.74) is -0.0583. The zero-order chi connectivity index (χ0) is 21.0. The van der Waals surface area contributed by atoms with Crippen LogP contribution in [0.3, 0.4) is 0 Å². The van der Waals surface area contributed by atoms with E-state index in [0.29, 0.717) is 16.8 Å². The van der Waals surface area contributed by atoms with Crippen molar-refractivity contribution in [1.82, 2.24) is 9.36 Å². The fourth-order valence-corrected chi connectivity index (χ4v) is 4.03. The van der Waals surface area contributed by atoms with Crippen LogP contribution in [0.1, 0.15) is 16.0 Å². The summed E-state index contributed by atoms with van der Waals surface area (Å²) in [7, 11) is 0. The Morgan fingerprint density at radius 2 is 1.93 bits per heavy atom. The number of alkyl halides is 3. The van der Waals surface area contributed by atoms with E-state index in [2.05, 4.69) is 14.7 Å². The standard InChI is InChI=1S/C18H9ClF4N4S2/c19-14-7-10(18(21,22)23)9-26-17(14)28-16-13(8-24)15(29-27-16)5-6-25-12-3-1-11(20)2-4-12/h1-7,9,25H/b6-5-. The third-order valence-corrected chi connectivity index (χ3v) is 5.79. The van der Waals surface area contributed by atoms with Crippen LogP contribution in [0.4, 0.5) is 23.2 Å². The van der Waals surface area contributed by atoms with Gasteiger partial charge in [-0.2, -0.15) is 22.8 Å². The molecule has 2 aromatic heterocycles. The number of hydrogen-bond acceptors (Lipinski definition) is 6. The lowest BCUT2D eigenvalue weighted by molar-refractivity contribution is -0.137. The maximum atomic E-state index is 12.9. The highest BCUT2D eigenvalue weighted by Crippen LogP contribution is 2.38. The largest absolute Gasteiger partial charge is 0.417 e. The fourth-order valence-electron chi connectivity index (χ4n) is 2.08. The first kappa shape index (κ1) is 21.1. The number of anilines is 1. The van der Waals surface area contributed by atoms with Crippen molar-refractivity contribution >= 4 is 46.7 Å². The molecule has 0 aliphatic heterocycles. The van der Waals surface area contributed by atoms with E-state index in [0.717, 1.165) is 29.4 Å². The Bertz CT molecular complexity index is 1090.